The van der Waals surface area contributed by atoms with Crippen LogP contribution >= 0.6 is 15.9 Å². The molecular weight excluding hydrogens is 275 g/mol. The standard InChI is InChI=1S/C12H12BrFO2/c1-8(6-13)7-16-12-4-3-10(14)5-11(12)9(2)15/h3-5H,1,6-7H2,2H3. The molecule has 0 aromatic heterocycles. The Morgan fingerprint density at radius 1 is 1.56 bits per heavy atom. The molecule has 0 saturated heterocycles. The molecule has 0 heterocycles. The Hall–Kier alpha value is -1.16. The van der Waals surface area contributed by atoms with Crippen molar-refractivity contribution in [3.05, 3.63) is 41.7 Å². The molecule has 4 heteroatoms. The smallest absolute Gasteiger partial charge is 0.163 e. The summed E-state index contributed by atoms with van der Waals surface area (Å²) in [5, 5.41) is 0.629. The number of carbonyl (C=O) groups excluding carboxylic acids is 1. The van der Waals surface area contributed by atoms with E-state index in [4.69, 9.17) is 4.74 Å². The van der Waals surface area contributed by atoms with Crippen LogP contribution in [0, 0.1) is 5.82 Å². The highest BCUT2D eigenvalue weighted by molar-refractivity contribution is 9.09. The lowest BCUT2D eigenvalue weighted by Gasteiger charge is -2.10. The summed E-state index contributed by atoms with van der Waals surface area (Å²) in [6.07, 6.45) is 0. The fraction of sp³-hybridized carbons (Fsp3) is 0.250. The normalized spacial score (nSPS) is 9.94. The summed E-state index contributed by atoms with van der Waals surface area (Å²) in [4.78, 5) is 11.3. The molecule has 0 spiro atoms. The molecule has 0 aliphatic rings. The van der Waals surface area contributed by atoms with E-state index < -0.39 is 5.82 Å². The maximum atomic E-state index is 12.9. The van der Waals surface area contributed by atoms with Crippen molar-refractivity contribution < 1.29 is 13.9 Å². The number of hydrogen-bond acceptors (Lipinski definition) is 2. The van der Waals surface area contributed by atoms with Crippen LogP contribution in [0.15, 0.2) is 30.4 Å². The number of ether oxygens (including phenoxy) is 1. The molecule has 1 aromatic carbocycles. The van der Waals surface area contributed by atoms with Crippen molar-refractivity contribution in [2.45, 2.75) is 6.92 Å². The third-order valence-electron chi connectivity index (χ3n) is 1.94. The van der Waals surface area contributed by atoms with Crippen LogP contribution in [0.1, 0.15) is 17.3 Å². The Bertz CT molecular complexity index is 415. The summed E-state index contributed by atoms with van der Waals surface area (Å²) in [7, 11) is 0. The van der Waals surface area contributed by atoms with Gasteiger partial charge in [0.05, 0.1) is 5.56 Å². The lowest BCUT2D eigenvalue weighted by atomic mass is 10.1. The Balaban J connectivity index is 2.87. The zero-order valence-corrected chi connectivity index (χ0v) is 10.5. The van der Waals surface area contributed by atoms with Gasteiger partial charge in [0, 0.05) is 5.33 Å². The van der Waals surface area contributed by atoms with E-state index in [-0.39, 0.29) is 11.3 Å². The van der Waals surface area contributed by atoms with Crippen LogP contribution in [0.5, 0.6) is 5.75 Å². The number of rotatable bonds is 5. The van der Waals surface area contributed by atoms with E-state index in [1.165, 1.54) is 25.1 Å². The largest absolute Gasteiger partial charge is 0.488 e. The third kappa shape index (κ3) is 3.45. The maximum absolute atomic E-state index is 12.9. The molecule has 0 amide bonds. The zero-order chi connectivity index (χ0) is 12.1. The average molecular weight is 287 g/mol. The summed E-state index contributed by atoms with van der Waals surface area (Å²) in [6.45, 7) is 5.43. The van der Waals surface area contributed by atoms with Crippen LogP contribution in [0.3, 0.4) is 0 Å². The minimum Gasteiger partial charge on any atom is -0.488 e. The van der Waals surface area contributed by atoms with E-state index in [1.807, 2.05) is 0 Å². The van der Waals surface area contributed by atoms with Crippen molar-refractivity contribution >= 4 is 21.7 Å². The molecule has 86 valence electrons. The van der Waals surface area contributed by atoms with Crippen LogP contribution in [0.2, 0.25) is 0 Å². The minimum absolute atomic E-state index is 0.223. The van der Waals surface area contributed by atoms with Gasteiger partial charge < -0.3 is 4.74 Å². The molecule has 0 bridgehead atoms. The minimum atomic E-state index is -0.447. The number of hydrogen-bond donors (Lipinski definition) is 0. The number of halogens is 2. The van der Waals surface area contributed by atoms with Gasteiger partial charge in [0.15, 0.2) is 5.78 Å². The number of ketones is 1. The predicted octanol–water partition coefficient (Wildman–Crippen LogP) is 3.36. The lowest BCUT2D eigenvalue weighted by Crippen LogP contribution is -2.05. The molecule has 1 rings (SSSR count). The van der Waals surface area contributed by atoms with Crippen LogP contribution < -0.4 is 4.74 Å². The van der Waals surface area contributed by atoms with Crippen molar-refractivity contribution in [3.8, 4) is 5.75 Å². The zero-order valence-electron chi connectivity index (χ0n) is 8.93. The highest BCUT2D eigenvalue weighted by Gasteiger charge is 2.10. The van der Waals surface area contributed by atoms with Crippen LogP contribution in [-0.2, 0) is 0 Å². The van der Waals surface area contributed by atoms with Crippen molar-refractivity contribution in [2.24, 2.45) is 0 Å². The van der Waals surface area contributed by atoms with Gasteiger partial charge in [-0.15, -0.1) is 0 Å². The highest BCUT2D eigenvalue weighted by Crippen LogP contribution is 2.20. The highest BCUT2D eigenvalue weighted by atomic mass is 79.9. The van der Waals surface area contributed by atoms with E-state index in [0.29, 0.717) is 17.7 Å². The van der Waals surface area contributed by atoms with Crippen molar-refractivity contribution in [2.75, 3.05) is 11.9 Å². The predicted molar refractivity (Wildman–Crippen MR) is 64.8 cm³/mol. The van der Waals surface area contributed by atoms with Crippen LogP contribution in [-0.4, -0.2) is 17.7 Å². The molecule has 0 radical (unpaired) electrons. The molecular formula is C12H12BrFO2. The van der Waals surface area contributed by atoms with E-state index in [0.717, 1.165) is 5.57 Å². The van der Waals surface area contributed by atoms with Gasteiger partial charge in [-0.25, -0.2) is 4.39 Å². The first-order valence-electron chi connectivity index (χ1n) is 4.70. The van der Waals surface area contributed by atoms with Crippen LogP contribution in [0.25, 0.3) is 0 Å². The number of benzene rings is 1. The van der Waals surface area contributed by atoms with E-state index in [2.05, 4.69) is 22.5 Å². The van der Waals surface area contributed by atoms with Gasteiger partial charge in [-0.1, -0.05) is 22.5 Å². The first kappa shape index (κ1) is 12.9. The van der Waals surface area contributed by atoms with Gasteiger partial charge in [-0.05, 0) is 30.7 Å². The molecule has 0 fully saturated rings. The third-order valence-corrected chi connectivity index (χ3v) is 2.73. The molecule has 0 atom stereocenters. The first-order chi connectivity index (χ1) is 7.54. The van der Waals surface area contributed by atoms with Crippen LogP contribution in [0.4, 0.5) is 4.39 Å². The second kappa shape index (κ2) is 5.80. The summed E-state index contributed by atoms with van der Waals surface area (Å²) in [5.41, 5.74) is 1.10. The summed E-state index contributed by atoms with van der Waals surface area (Å²) in [5.74, 6) is -0.285. The fourth-order valence-electron chi connectivity index (χ4n) is 1.12. The summed E-state index contributed by atoms with van der Waals surface area (Å²) < 4.78 is 18.3. The molecule has 0 unspecified atom stereocenters. The lowest BCUT2D eigenvalue weighted by molar-refractivity contribution is 0.101. The first-order valence-corrected chi connectivity index (χ1v) is 5.82. The van der Waals surface area contributed by atoms with Gasteiger partial charge in [-0.2, -0.15) is 0 Å². The maximum Gasteiger partial charge on any atom is 0.163 e. The number of alkyl halides is 1. The Labute approximate surface area is 102 Å². The Morgan fingerprint density at radius 3 is 2.81 bits per heavy atom. The monoisotopic (exact) mass is 286 g/mol. The Morgan fingerprint density at radius 2 is 2.25 bits per heavy atom. The van der Waals surface area contributed by atoms with Crippen molar-refractivity contribution in [3.63, 3.8) is 0 Å². The molecule has 0 aliphatic heterocycles. The molecule has 0 N–H and O–H groups in total. The van der Waals surface area contributed by atoms with E-state index in [1.54, 1.807) is 0 Å². The topological polar surface area (TPSA) is 26.3 Å². The summed E-state index contributed by atoms with van der Waals surface area (Å²) in [6, 6.07) is 3.89. The number of Topliss-reactive ketones (excluding diaryl/α,β-unsaturated/α-hetero) is 1. The van der Waals surface area contributed by atoms with Gasteiger partial charge in [0.1, 0.15) is 18.2 Å². The molecule has 2 nitrogen and oxygen atoms in total. The molecule has 16 heavy (non-hydrogen) atoms. The second-order valence-electron chi connectivity index (χ2n) is 3.37. The van der Waals surface area contributed by atoms with Gasteiger partial charge in [0.2, 0.25) is 0 Å². The van der Waals surface area contributed by atoms with E-state index >= 15 is 0 Å². The Kier molecular flexibility index (Phi) is 4.68. The molecule has 0 saturated carbocycles. The molecule has 1 aromatic rings. The fourth-order valence-corrected chi connectivity index (χ4v) is 1.28. The summed E-state index contributed by atoms with van der Waals surface area (Å²) >= 11 is 3.24. The average Bonchev–Trinajstić information content (AvgIpc) is 2.26. The van der Waals surface area contributed by atoms with E-state index in [9.17, 15) is 9.18 Å². The SMILES string of the molecule is C=C(CBr)COc1ccc(F)cc1C(C)=O. The van der Waals surface area contributed by atoms with Crippen molar-refractivity contribution in [1.82, 2.24) is 0 Å². The number of carbonyl (C=O) groups is 1. The van der Waals surface area contributed by atoms with Gasteiger partial charge >= 0.3 is 0 Å². The van der Waals surface area contributed by atoms with Gasteiger partial charge in [-0.3, -0.25) is 4.79 Å². The second-order valence-corrected chi connectivity index (χ2v) is 3.93. The molecule has 0 aliphatic carbocycles. The van der Waals surface area contributed by atoms with Crippen molar-refractivity contribution in [1.29, 1.82) is 0 Å². The van der Waals surface area contributed by atoms with Gasteiger partial charge in [0.25, 0.3) is 0 Å². The quantitative estimate of drug-likeness (QED) is 0.471.